The van der Waals surface area contributed by atoms with Gasteiger partial charge in [0.1, 0.15) is 23.6 Å². The van der Waals surface area contributed by atoms with Crippen LogP contribution in [-0.4, -0.2) is 70.7 Å². The number of aromatic nitrogens is 1. The predicted octanol–water partition coefficient (Wildman–Crippen LogP) is 2.01. The molecule has 0 radical (unpaired) electrons. The normalized spacial score (nSPS) is 21.3. The zero-order chi connectivity index (χ0) is 27.1. The molecule has 3 aromatic rings. The minimum absolute atomic E-state index is 0.0311. The van der Waals surface area contributed by atoms with Crippen molar-refractivity contribution in [1.29, 1.82) is 0 Å². The number of nitrogens with zero attached hydrogens (tertiary/aromatic N) is 3. The minimum atomic E-state index is -0.626. The highest BCUT2D eigenvalue weighted by molar-refractivity contribution is 6.05. The number of carbonyl (C=O) groups excluding carboxylic acids is 4. The van der Waals surface area contributed by atoms with Crippen molar-refractivity contribution in [3.05, 3.63) is 70.9 Å². The molecule has 2 N–H and O–H groups in total. The van der Waals surface area contributed by atoms with Crippen LogP contribution in [0, 0.1) is 0 Å². The fraction of sp³-hybridized carbons (Fsp3) is 0.345. The maximum absolute atomic E-state index is 12.9. The minimum Gasteiger partial charge on any atom is -0.489 e. The van der Waals surface area contributed by atoms with Crippen LogP contribution in [0.15, 0.2) is 48.5 Å². The Labute approximate surface area is 225 Å². The van der Waals surface area contributed by atoms with Gasteiger partial charge in [0.25, 0.3) is 11.8 Å². The van der Waals surface area contributed by atoms with E-state index in [4.69, 9.17) is 4.74 Å². The summed E-state index contributed by atoms with van der Waals surface area (Å²) in [7, 11) is 1.59. The van der Waals surface area contributed by atoms with Gasteiger partial charge in [0, 0.05) is 50.6 Å². The number of rotatable bonds is 6. The van der Waals surface area contributed by atoms with Gasteiger partial charge < -0.3 is 15.0 Å². The van der Waals surface area contributed by atoms with E-state index in [1.54, 1.807) is 24.1 Å². The van der Waals surface area contributed by atoms with E-state index in [9.17, 15) is 19.2 Å². The average Bonchev–Trinajstić information content (AvgIpc) is 3.51. The number of benzene rings is 2. The molecule has 1 aromatic heterocycles. The smallest absolute Gasteiger partial charge is 0.269 e. The van der Waals surface area contributed by atoms with Gasteiger partial charge in [-0.25, -0.2) is 4.98 Å². The van der Waals surface area contributed by atoms with Gasteiger partial charge in [-0.3, -0.25) is 29.4 Å². The summed E-state index contributed by atoms with van der Waals surface area (Å²) in [5.74, 6) is -0.386. The maximum Gasteiger partial charge on any atom is 0.269 e. The lowest BCUT2D eigenvalue weighted by Gasteiger charge is -2.29. The van der Waals surface area contributed by atoms with Crippen molar-refractivity contribution < 1.29 is 23.9 Å². The molecular formula is C29H29N5O5. The molecule has 10 heteroatoms. The van der Waals surface area contributed by atoms with E-state index in [2.05, 4.69) is 26.6 Å². The Kier molecular flexibility index (Phi) is 6.48. The first-order chi connectivity index (χ1) is 18.9. The van der Waals surface area contributed by atoms with Crippen molar-refractivity contribution in [3.63, 3.8) is 0 Å². The molecule has 2 fully saturated rings. The molecule has 3 aliphatic rings. The summed E-state index contributed by atoms with van der Waals surface area (Å²) in [5.41, 5.74) is 3.77. The molecule has 39 heavy (non-hydrogen) atoms. The van der Waals surface area contributed by atoms with Crippen LogP contribution in [0.25, 0.3) is 10.9 Å². The first-order valence-corrected chi connectivity index (χ1v) is 13.2. The summed E-state index contributed by atoms with van der Waals surface area (Å²) >= 11 is 0. The Morgan fingerprint density at radius 1 is 1.10 bits per heavy atom. The second kappa shape index (κ2) is 10.1. The van der Waals surface area contributed by atoms with Gasteiger partial charge in [-0.05, 0) is 60.4 Å². The number of nitrogens with one attached hydrogen (secondary N) is 2. The van der Waals surface area contributed by atoms with Crippen LogP contribution in [-0.2, 0) is 22.7 Å². The highest BCUT2D eigenvalue weighted by Crippen LogP contribution is 2.31. The molecule has 2 aromatic carbocycles. The largest absolute Gasteiger partial charge is 0.489 e. The molecule has 2 saturated heterocycles. The Morgan fingerprint density at radius 3 is 2.79 bits per heavy atom. The summed E-state index contributed by atoms with van der Waals surface area (Å²) in [6.45, 7) is 2.80. The third-order valence-corrected chi connectivity index (χ3v) is 7.65. The van der Waals surface area contributed by atoms with Crippen LogP contribution in [0.3, 0.4) is 0 Å². The Balaban J connectivity index is 1.07. The van der Waals surface area contributed by atoms with E-state index in [-0.39, 0.29) is 30.2 Å². The van der Waals surface area contributed by atoms with E-state index in [1.807, 2.05) is 30.3 Å². The monoisotopic (exact) mass is 527 g/mol. The number of amides is 4. The van der Waals surface area contributed by atoms with Gasteiger partial charge in [0.05, 0.1) is 5.52 Å². The molecule has 4 heterocycles. The number of piperidine rings is 1. The Hall–Kier alpha value is -4.31. The molecule has 0 saturated carbocycles. The van der Waals surface area contributed by atoms with Crippen LogP contribution in [0.5, 0.6) is 5.75 Å². The molecule has 4 amide bonds. The van der Waals surface area contributed by atoms with Crippen molar-refractivity contribution in [2.24, 2.45) is 0 Å². The van der Waals surface area contributed by atoms with Gasteiger partial charge in [-0.15, -0.1) is 0 Å². The van der Waals surface area contributed by atoms with Crippen molar-refractivity contribution in [2.75, 3.05) is 20.1 Å². The van der Waals surface area contributed by atoms with Crippen LogP contribution in [0.4, 0.5) is 0 Å². The highest BCUT2D eigenvalue weighted by Gasteiger charge is 2.39. The van der Waals surface area contributed by atoms with Gasteiger partial charge in [-0.2, -0.15) is 0 Å². The van der Waals surface area contributed by atoms with E-state index >= 15 is 0 Å². The molecule has 0 bridgehead atoms. The molecule has 200 valence electrons. The van der Waals surface area contributed by atoms with Gasteiger partial charge in [0.15, 0.2) is 0 Å². The third kappa shape index (κ3) is 4.95. The van der Waals surface area contributed by atoms with Crippen molar-refractivity contribution in [3.8, 4) is 5.75 Å². The number of fused-ring (bicyclic) bond motifs is 2. The number of ether oxygens (including phenoxy) is 1. The summed E-state index contributed by atoms with van der Waals surface area (Å²) in [6.07, 6.45) is 1.50. The fourth-order valence-electron chi connectivity index (χ4n) is 5.64. The Morgan fingerprint density at radius 2 is 1.97 bits per heavy atom. The lowest BCUT2D eigenvalue weighted by Crippen LogP contribution is -2.52. The zero-order valence-electron chi connectivity index (χ0n) is 21.6. The molecular weight excluding hydrogens is 498 g/mol. The van der Waals surface area contributed by atoms with Crippen LogP contribution < -0.4 is 15.4 Å². The van der Waals surface area contributed by atoms with Crippen LogP contribution in [0.1, 0.15) is 51.2 Å². The summed E-state index contributed by atoms with van der Waals surface area (Å²) < 4.78 is 6.29. The zero-order valence-corrected chi connectivity index (χ0v) is 21.6. The number of carbonyl (C=O) groups is 4. The van der Waals surface area contributed by atoms with Crippen LogP contribution in [0.2, 0.25) is 0 Å². The van der Waals surface area contributed by atoms with Gasteiger partial charge >= 0.3 is 0 Å². The summed E-state index contributed by atoms with van der Waals surface area (Å²) in [5, 5.41) is 5.92. The topological polar surface area (TPSA) is 121 Å². The van der Waals surface area contributed by atoms with Gasteiger partial charge in [-0.1, -0.05) is 12.1 Å². The summed E-state index contributed by atoms with van der Waals surface area (Å²) in [4.78, 5) is 56.9. The van der Waals surface area contributed by atoms with Crippen molar-refractivity contribution in [2.45, 2.75) is 44.5 Å². The molecule has 0 spiro atoms. The molecule has 2 atom stereocenters. The fourth-order valence-corrected chi connectivity index (χ4v) is 5.64. The molecule has 6 rings (SSSR count). The standard InChI is InChI=1S/C29H29N5O5/c1-30-27(36)24-7-3-18-12-17(2-6-23(18)31-24)14-33-11-10-21(16-33)39-20-4-5-22-19(13-20)15-34(29(22)38)25-8-9-26(35)32-28(25)37/h2-7,12-13,21,25H,8-11,14-16H2,1H3,(H,30,36)(H,32,35,37)/t21-,25?/m0/s1. The first kappa shape index (κ1) is 25.0. The summed E-state index contributed by atoms with van der Waals surface area (Å²) in [6, 6.07) is 14.6. The van der Waals surface area contributed by atoms with Crippen molar-refractivity contribution >= 4 is 34.5 Å². The van der Waals surface area contributed by atoms with E-state index in [1.165, 1.54) is 5.56 Å². The maximum atomic E-state index is 12.9. The van der Waals surface area contributed by atoms with Gasteiger partial charge in [0.2, 0.25) is 11.8 Å². The number of imide groups is 1. The number of hydrogen-bond acceptors (Lipinski definition) is 7. The molecule has 0 aliphatic carbocycles. The van der Waals surface area contributed by atoms with E-state index in [0.717, 1.165) is 42.5 Å². The SMILES string of the molecule is CNC(=O)c1ccc2cc(CN3CC[C@H](Oc4ccc5c(c4)CN(C4CCC(=O)NC4=O)C5=O)C3)ccc2n1. The quantitative estimate of drug-likeness (QED) is 0.471. The Bertz CT molecular complexity index is 1500. The number of hydrogen-bond donors (Lipinski definition) is 2. The highest BCUT2D eigenvalue weighted by atomic mass is 16.5. The molecule has 10 nitrogen and oxygen atoms in total. The van der Waals surface area contributed by atoms with E-state index in [0.29, 0.717) is 30.0 Å². The molecule has 1 unspecified atom stereocenters. The lowest BCUT2D eigenvalue weighted by molar-refractivity contribution is -0.136. The lowest BCUT2D eigenvalue weighted by atomic mass is 10.0. The average molecular weight is 528 g/mol. The first-order valence-electron chi connectivity index (χ1n) is 13.2. The molecule has 3 aliphatic heterocycles. The van der Waals surface area contributed by atoms with Crippen molar-refractivity contribution in [1.82, 2.24) is 25.4 Å². The second-order valence-electron chi connectivity index (χ2n) is 10.3. The third-order valence-electron chi connectivity index (χ3n) is 7.65. The van der Waals surface area contributed by atoms with Crippen LogP contribution >= 0.6 is 0 Å². The number of pyridine rings is 1. The second-order valence-corrected chi connectivity index (χ2v) is 10.3. The van der Waals surface area contributed by atoms with E-state index < -0.39 is 11.9 Å². The number of likely N-dealkylation sites (tertiary alicyclic amines) is 1. The predicted molar refractivity (Wildman–Crippen MR) is 142 cm³/mol.